The maximum atomic E-state index is 11.3. The monoisotopic (exact) mass is 323 g/mol. The Labute approximate surface area is 127 Å². The van der Waals surface area contributed by atoms with E-state index < -0.39 is 16.0 Å². The second kappa shape index (κ2) is 5.98. The number of rotatable bonds is 5. The van der Waals surface area contributed by atoms with Crippen molar-refractivity contribution in [2.75, 3.05) is 13.4 Å². The summed E-state index contributed by atoms with van der Waals surface area (Å²) in [6, 6.07) is 8.16. The number of nitrogens with zero attached hydrogens (tertiary/aromatic N) is 2. The lowest BCUT2D eigenvalue weighted by atomic mass is 10.1. The molecule has 22 heavy (non-hydrogen) atoms. The van der Waals surface area contributed by atoms with E-state index in [1.807, 2.05) is 0 Å². The van der Waals surface area contributed by atoms with Gasteiger partial charge in [-0.1, -0.05) is 12.1 Å². The van der Waals surface area contributed by atoms with Crippen LogP contribution in [0.25, 0.3) is 11.3 Å². The summed E-state index contributed by atoms with van der Waals surface area (Å²) in [5, 5.41) is 0. The maximum Gasteiger partial charge on any atom is 0.307 e. The van der Waals surface area contributed by atoms with Gasteiger partial charge in [-0.2, -0.15) is 13.4 Å². The van der Waals surface area contributed by atoms with Crippen LogP contribution in [0.1, 0.15) is 10.6 Å². The Morgan fingerprint density at radius 3 is 2.50 bits per heavy atom. The minimum Gasteiger partial charge on any atom is -0.496 e. The lowest BCUT2D eigenvalue weighted by molar-refractivity contribution is 0.0989. The Hall–Kier alpha value is -2.68. The normalized spacial score (nSPS) is 11.0. The van der Waals surface area contributed by atoms with Crippen LogP contribution in [0.3, 0.4) is 0 Å². The minimum absolute atomic E-state index is 0.250. The van der Waals surface area contributed by atoms with Gasteiger partial charge in [0.1, 0.15) is 5.75 Å². The molecule has 2 N–H and O–H groups in total. The first-order valence-electron chi connectivity index (χ1n) is 6.02. The molecular formula is C13H13N3O5S. The molecule has 0 atom stereocenters. The van der Waals surface area contributed by atoms with E-state index in [0.29, 0.717) is 11.3 Å². The number of hydrogen-bond acceptors (Lipinski definition) is 7. The Morgan fingerprint density at radius 2 is 1.91 bits per heavy atom. The zero-order chi connectivity index (χ0) is 16.3. The minimum atomic E-state index is -3.81. The van der Waals surface area contributed by atoms with Gasteiger partial charge in [0.2, 0.25) is 11.7 Å². The molecule has 0 fully saturated rings. The molecule has 116 valence electrons. The third kappa shape index (κ3) is 3.70. The van der Waals surface area contributed by atoms with E-state index in [4.69, 9.17) is 14.7 Å². The lowest BCUT2D eigenvalue weighted by Gasteiger charge is -2.10. The average Bonchev–Trinajstić information content (AvgIpc) is 2.45. The van der Waals surface area contributed by atoms with Crippen molar-refractivity contribution >= 4 is 16.0 Å². The fourth-order valence-corrected chi connectivity index (χ4v) is 2.12. The summed E-state index contributed by atoms with van der Waals surface area (Å²) in [5.41, 5.74) is 5.95. The molecule has 0 unspecified atom stereocenters. The summed E-state index contributed by atoms with van der Waals surface area (Å²) in [6.07, 6.45) is 0.863. The Morgan fingerprint density at radius 1 is 1.23 bits per heavy atom. The second-order valence-electron chi connectivity index (χ2n) is 4.27. The van der Waals surface area contributed by atoms with Crippen LogP contribution < -0.4 is 14.7 Å². The lowest BCUT2D eigenvalue weighted by Crippen LogP contribution is -2.17. The van der Waals surface area contributed by atoms with Crippen molar-refractivity contribution in [1.82, 2.24) is 9.97 Å². The van der Waals surface area contributed by atoms with E-state index in [2.05, 4.69) is 9.97 Å². The second-order valence-corrected chi connectivity index (χ2v) is 5.84. The molecule has 9 heteroatoms. The molecule has 1 aromatic heterocycles. The van der Waals surface area contributed by atoms with E-state index in [0.717, 1.165) is 6.26 Å². The van der Waals surface area contributed by atoms with Crippen molar-refractivity contribution in [2.45, 2.75) is 0 Å². The zero-order valence-electron chi connectivity index (χ0n) is 11.8. The van der Waals surface area contributed by atoms with Gasteiger partial charge in [0.15, 0.2) is 0 Å². The highest BCUT2D eigenvalue weighted by atomic mass is 32.2. The third-order valence-electron chi connectivity index (χ3n) is 2.54. The van der Waals surface area contributed by atoms with E-state index in [-0.39, 0.29) is 17.4 Å². The van der Waals surface area contributed by atoms with Crippen LogP contribution in [0, 0.1) is 0 Å². The van der Waals surface area contributed by atoms with Gasteiger partial charge in [-0.15, -0.1) is 0 Å². The van der Waals surface area contributed by atoms with Crippen molar-refractivity contribution < 1.29 is 22.1 Å². The predicted octanol–water partition coefficient (Wildman–Crippen LogP) is 0.590. The van der Waals surface area contributed by atoms with E-state index in [9.17, 15) is 13.2 Å². The van der Waals surface area contributed by atoms with Gasteiger partial charge < -0.3 is 14.7 Å². The number of methoxy groups -OCH3 is 1. The molecule has 0 bridgehead atoms. The van der Waals surface area contributed by atoms with Crippen LogP contribution in [0.15, 0.2) is 30.3 Å². The zero-order valence-corrected chi connectivity index (χ0v) is 12.6. The van der Waals surface area contributed by atoms with E-state index in [1.165, 1.54) is 13.2 Å². The molecule has 1 aromatic carbocycles. The molecule has 8 nitrogen and oxygen atoms in total. The number of ether oxygens (including phenoxy) is 1. The van der Waals surface area contributed by atoms with Crippen molar-refractivity contribution in [3.05, 3.63) is 36.2 Å². The number of primary amides is 1. The number of benzene rings is 1. The Balaban J connectivity index is 2.62. The summed E-state index contributed by atoms with van der Waals surface area (Å²) in [4.78, 5) is 19.0. The molecule has 0 saturated heterocycles. The first-order valence-corrected chi connectivity index (χ1v) is 7.83. The van der Waals surface area contributed by atoms with Gasteiger partial charge in [-0.05, 0) is 12.1 Å². The largest absolute Gasteiger partial charge is 0.496 e. The van der Waals surface area contributed by atoms with Gasteiger partial charge in [0, 0.05) is 11.6 Å². The fraction of sp³-hybridized carbons (Fsp3) is 0.154. The molecular weight excluding hydrogens is 310 g/mol. The highest BCUT2D eigenvalue weighted by Crippen LogP contribution is 2.30. The molecule has 0 aliphatic rings. The molecule has 0 spiro atoms. The number of nitrogens with two attached hydrogens (primary N) is 1. The van der Waals surface area contributed by atoms with E-state index >= 15 is 0 Å². The summed E-state index contributed by atoms with van der Waals surface area (Å²) >= 11 is 0. The molecule has 0 aliphatic carbocycles. The molecule has 0 radical (unpaired) electrons. The first-order chi connectivity index (χ1) is 10.3. The average molecular weight is 323 g/mol. The number of aromatic nitrogens is 2. The predicted molar refractivity (Wildman–Crippen MR) is 78.0 cm³/mol. The van der Waals surface area contributed by atoms with Crippen molar-refractivity contribution in [1.29, 1.82) is 0 Å². The smallest absolute Gasteiger partial charge is 0.307 e. The van der Waals surface area contributed by atoms with Crippen LogP contribution in [-0.4, -0.2) is 37.7 Å². The molecule has 0 saturated carbocycles. The van der Waals surface area contributed by atoms with Crippen LogP contribution in [-0.2, 0) is 10.1 Å². The van der Waals surface area contributed by atoms with Gasteiger partial charge >= 0.3 is 10.1 Å². The summed E-state index contributed by atoms with van der Waals surface area (Å²) < 4.78 is 32.4. The molecule has 1 heterocycles. The number of hydrogen-bond donors (Lipinski definition) is 1. The van der Waals surface area contributed by atoms with Crippen molar-refractivity contribution in [2.24, 2.45) is 5.73 Å². The van der Waals surface area contributed by atoms with Gasteiger partial charge in [0.05, 0.1) is 19.1 Å². The van der Waals surface area contributed by atoms with Crippen molar-refractivity contribution in [3.63, 3.8) is 0 Å². The Bertz CT molecular complexity index is 820. The number of carbonyl (C=O) groups is 1. The highest BCUT2D eigenvalue weighted by Gasteiger charge is 2.16. The third-order valence-corrected chi connectivity index (χ3v) is 3.02. The van der Waals surface area contributed by atoms with Gasteiger partial charge in [-0.3, -0.25) is 4.79 Å². The topological polar surface area (TPSA) is 121 Å². The quantitative estimate of drug-likeness (QED) is 0.799. The van der Waals surface area contributed by atoms with Crippen LogP contribution in [0.2, 0.25) is 0 Å². The highest BCUT2D eigenvalue weighted by molar-refractivity contribution is 7.86. The van der Waals surface area contributed by atoms with Gasteiger partial charge in [0.25, 0.3) is 5.91 Å². The van der Waals surface area contributed by atoms with Crippen LogP contribution in [0.5, 0.6) is 11.6 Å². The summed E-state index contributed by atoms with van der Waals surface area (Å²) in [6.45, 7) is 0. The first kappa shape index (κ1) is 15.7. The number of amides is 1. The fourth-order valence-electron chi connectivity index (χ4n) is 1.73. The molecule has 0 aliphatic heterocycles. The summed E-state index contributed by atoms with van der Waals surface area (Å²) in [7, 11) is -2.33. The van der Waals surface area contributed by atoms with E-state index in [1.54, 1.807) is 24.3 Å². The molecule has 2 rings (SSSR count). The molecule has 1 amide bonds. The SMILES string of the molecule is COc1ccccc1-c1cc(OS(C)(=O)=O)nc(C(N)=O)n1. The van der Waals surface area contributed by atoms with Crippen LogP contribution >= 0.6 is 0 Å². The van der Waals surface area contributed by atoms with Crippen LogP contribution in [0.4, 0.5) is 0 Å². The maximum absolute atomic E-state index is 11.3. The van der Waals surface area contributed by atoms with Crippen molar-refractivity contribution in [3.8, 4) is 22.9 Å². The molecule has 2 aromatic rings. The Kier molecular flexibility index (Phi) is 4.27. The number of para-hydroxylation sites is 1. The van der Waals surface area contributed by atoms with Gasteiger partial charge in [-0.25, -0.2) is 4.98 Å². The number of carbonyl (C=O) groups excluding carboxylic acids is 1. The summed E-state index contributed by atoms with van der Waals surface area (Å²) in [5.74, 6) is -1.08. The standard InChI is InChI=1S/C13H13N3O5S/c1-20-10-6-4-3-5-8(10)9-7-11(21-22(2,18)19)16-13(15-9)12(14)17/h3-7H,1-2H3,(H2,14,17).